The predicted molar refractivity (Wildman–Crippen MR) is 65.8 cm³/mol. The Bertz CT molecular complexity index is 471. The number of carbonyl (C=O) groups is 1. The molecule has 0 fully saturated rings. The maximum Gasteiger partial charge on any atom is 0.325 e. The molecule has 4 nitrogen and oxygen atoms in total. The molecule has 0 spiro atoms. The lowest BCUT2D eigenvalue weighted by atomic mass is 10.1. The van der Waals surface area contributed by atoms with E-state index in [4.69, 9.17) is 5.11 Å². The Morgan fingerprint density at radius 3 is 2.76 bits per heavy atom. The van der Waals surface area contributed by atoms with Gasteiger partial charge < -0.3 is 5.11 Å². The van der Waals surface area contributed by atoms with Crippen molar-refractivity contribution in [2.45, 2.75) is 12.6 Å². The molecule has 1 atom stereocenters. The zero-order valence-corrected chi connectivity index (χ0v) is 9.85. The molecule has 17 heavy (non-hydrogen) atoms. The minimum absolute atomic E-state index is 0.509. The Morgan fingerprint density at radius 1 is 1.41 bits per heavy atom. The highest BCUT2D eigenvalue weighted by Crippen LogP contribution is 2.17. The van der Waals surface area contributed by atoms with E-state index in [0.29, 0.717) is 6.54 Å². The average Bonchev–Trinajstić information content (AvgIpc) is 2.84. The Labute approximate surface area is 103 Å². The van der Waals surface area contributed by atoms with Crippen LogP contribution >= 0.6 is 11.3 Å². The van der Waals surface area contributed by atoms with Crippen molar-refractivity contribution < 1.29 is 9.90 Å². The van der Waals surface area contributed by atoms with Crippen LogP contribution < -0.4 is 5.32 Å². The Morgan fingerprint density at radius 2 is 2.18 bits per heavy atom. The van der Waals surface area contributed by atoms with Crippen LogP contribution in [0.15, 0.2) is 41.4 Å². The van der Waals surface area contributed by atoms with Gasteiger partial charge in [-0.05, 0) is 40.1 Å². The van der Waals surface area contributed by atoms with Gasteiger partial charge in [0.1, 0.15) is 6.04 Å². The first-order chi connectivity index (χ1) is 8.27. The lowest BCUT2D eigenvalue weighted by Crippen LogP contribution is -2.27. The van der Waals surface area contributed by atoms with Crippen LogP contribution in [-0.2, 0) is 11.3 Å². The van der Waals surface area contributed by atoms with Crippen molar-refractivity contribution in [1.29, 1.82) is 0 Å². The quantitative estimate of drug-likeness (QED) is 0.850. The van der Waals surface area contributed by atoms with Gasteiger partial charge in [-0.3, -0.25) is 15.1 Å². The van der Waals surface area contributed by atoms with Gasteiger partial charge in [-0.1, -0.05) is 0 Å². The summed E-state index contributed by atoms with van der Waals surface area (Å²) in [6.45, 7) is 0.509. The van der Waals surface area contributed by atoms with Crippen LogP contribution in [0, 0.1) is 0 Å². The summed E-state index contributed by atoms with van der Waals surface area (Å²) in [5.74, 6) is -0.863. The van der Waals surface area contributed by atoms with Crippen molar-refractivity contribution in [3.8, 4) is 0 Å². The summed E-state index contributed by atoms with van der Waals surface area (Å²) in [5.41, 5.74) is 1.80. The number of nitrogens with zero attached hydrogens (tertiary/aromatic N) is 1. The number of hydrogen-bond acceptors (Lipinski definition) is 4. The fourth-order valence-electron chi connectivity index (χ4n) is 1.51. The fourth-order valence-corrected chi connectivity index (χ4v) is 2.19. The molecule has 0 aliphatic carbocycles. The number of hydrogen-bond donors (Lipinski definition) is 2. The smallest absolute Gasteiger partial charge is 0.325 e. The second-order valence-corrected chi connectivity index (χ2v) is 4.34. The zero-order chi connectivity index (χ0) is 12.1. The summed E-state index contributed by atoms with van der Waals surface area (Å²) < 4.78 is 0. The van der Waals surface area contributed by atoms with E-state index in [-0.39, 0.29) is 0 Å². The van der Waals surface area contributed by atoms with E-state index in [0.717, 1.165) is 11.1 Å². The van der Waals surface area contributed by atoms with E-state index in [1.165, 1.54) is 11.3 Å². The van der Waals surface area contributed by atoms with E-state index in [1.807, 2.05) is 29.0 Å². The van der Waals surface area contributed by atoms with Crippen molar-refractivity contribution in [1.82, 2.24) is 10.3 Å². The molecule has 0 aliphatic heterocycles. The Balaban J connectivity index is 2.03. The highest BCUT2D eigenvalue weighted by molar-refractivity contribution is 7.08. The van der Waals surface area contributed by atoms with Crippen molar-refractivity contribution in [3.05, 3.63) is 52.5 Å². The maximum atomic E-state index is 11.1. The molecule has 0 saturated heterocycles. The van der Waals surface area contributed by atoms with Crippen LogP contribution in [0.5, 0.6) is 0 Å². The predicted octanol–water partition coefficient (Wildman–Crippen LogP) is 2.06. The van der Waals surface area contributed by atoms with Gasteiger partial charge in [-0.2, -0.15) is 11.3 Å². The highest BCUT2D eigenvalue weighted by atomic mass is 32.1. The van der Waals surface area contributed by atoms with Gasteiger partial charge >= 0.3 is 5.97 Å². The monoisotopic (exact) mass is 248 g/mol. The lowest BCUT2D eigenvalue weighted by molar-refractivity contribution is -0.139. The fraction of sp³-hybridized carbons (Fsp3) is 0.167. The van der Waals surface area contributed by atoms with E-state index >= 15 is 0 Å². The van der Waals surface area contributed by atoms with Gasteiger partial charge in [0.25, 0.3) is 0 Å². The summed E-state index contributed by atoms with van der Waals surface area (Å²) >= 11 is 1.49. The normalized spacial score (nSPS) is 12.2. The van der Waals surface area contributed by atoms with Gasteiger partial charge in [-0.15, -0.1) is 0 Å². The zero-order valence-electron chi connectivity index (χ0n) is 9.04. The van der Waals surface area contributed by atoms with Gasteiger partial charge in [-0.25, -0.2) is 0 Å². The number of rotatable bonds is 5. The number of pyridine rings is 1. The van der Waals surface area contributed by atoms with Crippen LogP contribution in [0.4, 0.5) is 0 Å². The van der Waals surface area contributed by atoms with E-state index in [1.54, 1.807) is 12.4 Å². The topological polar surface area (TPSA) is 62.2 Å². The van der Waals surface area contributed by atoms with Gasteiger partial charge in [0, 0.05) is 18.9 Å². The molecule has 2 aromatic rings. The molecule has 5 heteroatoms. The molecule has 0 amide bonds. The van der Waals surface area contributed by atoms with Crippen molar-refractivity contribution in [2.75, 3.05) is 0 Å². The molecule has 2 heterocycles. The third-order valence-electron chi connectivity index (χ3n) is 2.38. The van der Waals surface area contributed by atoms with Crippen LogP contribution in [0.2, 0.25) is 0 Å². The molecule has 0 bridgehead atoms. The molecular formula is C12H12N2O2S. The van der Waals surface area contributed by atoms with Crippen molar-refractivity contribution in [2.24, 2.45) is 0 Å². The van der Waals surface area contributed by atoms with Crippen LogP contribution in [0.1, 0.15) is 17.2 Å². The van der Waals surface area contributed by atoms with Gasteiger partial charge in [0.15, 0.2) is 0 Å². The van der Waals surface area contributed by atoms with Crippen molar-refractivity contribution in [3.63, 3.8) is 0 Å². The number of carboxylic acid groups (broad SMARTS) is 1. The number of nitrogens with one attached hydrogen (secondary N) is 1. The standard InChI is InChI=1S/C12H12N2O2S/c15-12(16)11(10-3-6-17-8-10)14-7-9-1-4-13-5-2-9/h1-6,8,11,14H,7H2,(H,15,16). The van der Waals surface area contributed by atoms with Crippen LogP contribution in [0.3, 0.4) is 0 Å². The third-order valence-corrected chi connectivity index (χ3v) is 3.08. The summed E-state index contributed by atoms with van der Waals surface area (Å²) in [6, 6.07) is 4.89. The number of thiophene rings is 1. The highest BCUT2D eigenvalue weighted by Gasteiger charge is 2.19. The van der Waals surface area contributed by atoms with E-state index < -0.39 is 12.0 Å². The van der Waals surface area contributed by atoms with Crippen LogP contribution in [-0.4, -0.2) is 16.1 Å². The molecule has 2 aromatic heterocycles. The molecular weight excluding hydrogens is 236 g/mol. The van der Waals surface area contributed by atoms with Gasteiger partial charge in [0.2, 0.25) is 0 Å². The molecule has 1 unspecified atom stereocenters. The summed E-state index contributed by atoms with van der Waals surface area (Å²) in [4.78, 5) is 15.1. The first-order valence-corrected chi connectivity index (χ1v) is 6.09. The molecule has 0 radical (unpaired) electrons. The number of aromatic nitrogens is 1. The molecule has 88 valence electrons. The van der Waals surface area contributed by atoms with Crippen molar-refractivity contribution >= 4 is 17.3 Å². The Hall–Kier alpha value is -1.72. The Kier molecular flexibility index (Phi) is 3.85. The number of aliphatic carboxylic acids is 1. The second-order valence-electron chi connectivity index (χ2n) is 3.56. The number of carboxylic acids is 1. The minimum Gasteiger partial charge on any atom is -0.480 e. The van der Waals surface area contributed by atoms with Crippen LogP contribution in [0.25, 0.3) is 0 Å². The van der Waals surface area contributed by atoms with Gasteiger partial charge in [0.05, 0.1) is 0 Å². The van der Waals surface area contributed by atoms with E-state index in [9.17, 15) is 4.79 Å². The first kappa shape index (κ1) is 11.8. The lowest BCUT2D eigenvalue weighted by Gasteiger charge is -2.13. The summed E-state index contributed by atoms with van der Waals surface area (Å²) in [5, 5.41) is 15.9. The SMILES string of the molecule is O=C(O)C(NCc1ccncc1)c1ccsc1. The largest absolute Gasteiger partial charge is 0.480 e. The molecule has 0 aromatic carbocycles. The first-order valence-electron chi connectivity index (χ1n) is 5.14. The third kappa shape index (κ3) is 3.12. The molecule has 2 rings (SSSR count). The average molecular weight is 248 g/mol. The van der Waals surface area contributed by atoms with E-state index in [2.05, 4.69) is 10.3 Å². The summed E-state index contributed by atoms with van der Waals surface area (Å²) in [6.07, 6.45) is 3.38. The maximum absolute atomic E-state index is 11.1. The molecule has 0 aliphatic rings. The minimum atomic E-state index is -0.863. The summed E-state index contributed by atoms with van der Waals surface area (Å²) in [7, 11) is 0. The molecule has 0 saturated carbocycles. The molecule has 2 N–H and O–H groups in total. The second kappa shape index (κ2) is 5.56.